The van der Waals surface area contributed by atoms with E-state index in [0.29, 0.717) is 30.8 Å². The minimum atomic E-state index is -0.713. The lowest BCUT2D eigenvalue weighted by Crippen LogP contribution is -2.29. The molecule has 0 bridgehead atoms. The molecule has 0 aliphatic carbocycles. The van der Waals surface area contributed by atoms with Crippen molar-refractivity contribution in [3.8, 4) is 6.07 Å². The number of benzene rings is 2. The maximum atomic E-state index is 13.8. The van der Waals surface area contributed by atoms with Crippen LogP contribution in [0.25, 0.3) is 0 Å². The van der Waals surface area contributed by atoms with Crippen LogP contribution in [-0.2, 0) is 6.54 Å². The molecule has 0 aliphatic heterocycles. The molecule has 0 heterocycles. The highest BCUT2D eigenvalue weighted by molar-refractivity contribution is 5.32. The first-order chi connectivity index (χ1) is 11.1. The predicted molar refractivity (Wildman–Crippen MR) is 88.0 cm³/mol. The highest BCUT2D eigenvalue weighted by atomic mass is 19.1. The number of aliphatic hydroxyl groups is 1. The van der Waals surface area contributed by atoms with E-state index in [1.54, 1.807) is 48.5 Å². The number of nitrogens with zero attached hydrogens (tertiary/aromatic N) is 2. The Bertz CT molecular complexity index is 691. The molecule has 4 heteroatoms. The van der Waals surface area contributed by atoms with Gasteiger partial charge in [0.25, 0.3) is 0 Å². The Kier molecular flexibility index (Phi) is 6.04. The fourth-order valence-corrected chi connectivity index (χ4v) is 2.38. The summed E-state index contributed by atoms with van der Waals surface area (Å²) in [7, 11) is 0. The van der Waals surface area contributed by atoms with Gasteiger partial charge in [-0.05, 0) is 23.8 Å². The zero-order valence-electron chi connectivity index (χ0n) is 12.8. The quantitative estimate of drug-likeness (QED) is 0.797. The average molecular weight is 310 g/mol. The molecule has 0 saturated heterocycles. The van der Waals surface area contributed by atoms with E-state index >= 15 is 0 Å². The molecule has 0 radical (unpaired) electrons. The third-order valence-electron chi connectivity index (χ3n) is 3.59. The molecule has 0 saturated carbocycles. The van der Waals surface area contributed by atoms with Gasteiger partial charge in [0.05, 0.1) is 17.7 Å². The first-order valence-corrected chi connectivity index (χ1v) is 7.39. The third kappa shape index (κ3) is 4.75. The number of halogens is 1. The standard InChI is InChI=1S/C19H19FN2O/c1-2-11-22(13-17-5-3-4-6-18(17)20)14-19(23)16-9-7-15(12-21)8-10-16/h2-10,19,23H,1,11,13-14H2. The lowest BCUT2D eigenvalue weighted by atomic mass is 10.1. The average Bonchev–Trinajstić information content (AvgIpc) is 2.57. The minimum absolute atomic E-state index is 0.255. The number of aliphatic hydroxyl groups excluding tert-OH is 1. The minimum Gasteiger partial charge on any atom is -0.387 e. The molecule has 1 unspecified atom stereocenters. The van der Waals surface area contributed by atoms with Crippen molar-refractivity contribution in [1.82, 2.24) is 4.90 Å². The summed E-state index contributed by atoms with van der Waals surface area (Å²) in [4.78, 5) is 1.92. The molecule has 0 aliphatic rings. The van der Waals surface area contributed by atoms with E-state index < -0.39 is 6.10 Å². The van der Waals surface area contributed by atoms with Gasteiger partial charge in [0.15, 0.2) is 0 Å². The Balaban J connectivity index is 2.07. The third-order valence-corrected chi connectivity index (χ3v) is 3.59. The van der Waals surface area contributed by atoms with Gasteiger partial charge >= 0.3 is 0 Å². The van der Waals surface area contributed by atoms with Crippen molar-refractivity contribution in [2.24, 2.45) is 0 Å². The second kappa shape index (κ2) is 8.23. The Morgan fingerprint density at radius 1 is 1.22 bits per heavy atom. The SMILES string of the molecule is C=CCN(Cc1ccccc1F)CC(O)c1ccc(C#N)cc1. The fraction of sp³-hybridized carbons (Fsp3) is 0.211. The first-order valence-electron chi connectivity index (χ1n) is 7.39. The zero-order valence-corrected chi connectivity index (χ0v) is 12.8. The summed E-state index contributed by atoms with van der Waals surface area (Å²) in [6.07, 6.45) is 1.02. The van der Waals surface area contributed by atoms with Crippen molar-refractivity contribution in [2.45, 2.75) is 12.6 Å². The van der Waals surface area contributed by atoms with Gasteiger partial charge in [-0.25, -0.2) is 4.39 Å². The summed E-state index contributed by atoms with van der Waals surface area (Å²) in [5.41, 5.74) is 1.86. The second-order valence-electron chi connectivity index (χ2n) is 5.32. The molecule has 0 fully saturated rings. The van der Waals surface area contributed by atoms with Gasteiger partial charge in [-0.2, -0.15) is 5.26 Å². The lowest BCUT2D eigenvalue weighted by molar-refractivity contribution is 0.115. The van der Waals surface area contributed by atoms with Crippen molar-refractivity contribution in [3.05, 3.63) is 83.7 Å². The van der Waals surface area contributed by atoms with Crippen LogP contribution in [-0.4, -0.2) is 23.1 Å². The molecule has 2 aromatic carbocycles. The topological polar surface area (TPSA) is 47.3 Å². The summed E-state index contributed by atoms with van der Waals surface area (Å²) in [5, 5.41) is 19.2. The van der Waals surface area contributed by atoms with Gasteiger partial charge < -0.3 is 5.11 Å². The van der Waals surface area contributed by atoms with E-state index in [1.807, 2.05) is 11.0 Å². The van der Waals surface area contributed by atoms with Crippen LogP contribution in [0.4, 0.5) is 4.39 Å². The smallest absolute Gasteiger partial charge is 0.127 e. The van der Waals surface area contributed by atoms with Crippen LogP contribution in [0.3, 0.4) is 0 Å². The van der Waals surface area contributed by atoms with Crippen LogP contribution in [0.5, 0.6) is 0 Å². The highest BCUT2D eigenvalue weighted by Gasteiger charge is 2.14. The molecule has 118 valence electrons. The Labute approximate surface area is 135 Å². The van der Waals surface area contributed by atoms with Gasteiger partial charge in [0, 0.05) is 25.2 Å². The first kappa shape index (κ1) is 16.9. The Morgan fingerprint density at radius 2 is 1.91 bits per heavy atom. The maximum Gasteiger partial charge on any atom is 0.127 e. The number of hydrogen-bond acceptors (Lipinski definition) is 3. The van der Waals surface area contributed by atoms with Crippen LogP contribution in [0.1, 0.15) is 22.8 Å². The number of nitriles is 1. The van der Waals surface area contributed by atoms with Gasteiger partial charge in [-0.15, -0.1) is 6.58 Å². The van der Waals surface area contributed by atoms with E-state index in [4.69, 9.17) is 5.26 Å². The second-order valence-corrected chi connectivity index (χ2v) is 5.32. The van der Waals surface area contributed by atoms with Crippen molar-refractivity contribution in [1.29, 1.82) is 5.26 Å². The van der Waals surface area contributed by atoms with E-state index in [9.17, 15) is 9.50 Å². The normalized spacial score (nSPS) is 11.9. The molecule has 1 N–H and O–H groups in total. The van der Waals surface area contributed by atoms with Crippen molar-refractivity contribution < 1.29 is 9.50 Å². The summed E-state index contributed by atoms with van der Waals surface area (Å²) in [5.74, 6) is -0.255. The largest absolute Gasteiger partial charge is 0.387 e. The lowest BCUT2D eigenvalue weighted by Gasteiger charge is -2.24. The number of rotatable bonds is 7. The fourth-order valence-electron chi connectivity index (χ4n) is 2.38. The van der Waals surface area contributed by atoms with E-state index in [1.165, 1.54) is 6.07 Å². The molecular formula is C19H19FN2O. The zero-order chi connectivity index (χ0) is 16.7. The van der Waals surface area contributed by atoms with Crippen molar-refractivity contribution in [2.75, 3.05) is 13.1 Å². The van der Waals surface area contributed by atoms with Crippen LogP contribution in [0.2, 0.25) is 0 Å². The Morgan fingerprint density at radius 3 is 2.52 bits per heavy atom. The van der Waals surface area contributed by atoms with Crippen LogP contribution >= 0.6 is 0 Å². The predicted octanol–water partition coefficient (Wildman–Crippen LogP) is 3.42. The van der Waals surface area contributed by atoms with Crippen LogP contribution in [0, 0.1) is 17.1 Å². The van der Waals surface area contributed by atoms with E-state index in [0.717, 1.165) is 5.56 Å². The summed E-state index contributed by atoms with van der Waals surface area (Å²) in [6, 6.07) is 15.5. The molecule has 2 aromatic rings. The Hall–Kier alpha value is -2.48. The molecule has 23 heavy (non-hydrogen) atoms. The van der Waals surface area contributed by atoms with Gasteiger partial charge in [-0.3, -0.25) is 4.90 Å². The van der Waals surface area contributed by atoms with E-state index in [-0.39, 0.29) is 5.82 Å². The van der Waals surface area contributed by atoms with Gasteiger partial charge in [0.2, 0.25) is 0 Å². The summed E-state index contributed by atoms with van der Waals surface area (Å²) < 4.78 is 13.8. The van der Waals surface area contributed by atoms with Crippen LogP contribution in [0.15, 0.2) is 61.2 Å². The summed E-state index contributed by atoms with van der Waals surface area (Å²) >= 11 is 0. The van der Waals surface area contributed by atoms with Crippen molar-refractivity contribution in [3.63, 3.8) is 0 Å². The van der Waals surface area contributed by atoms with Gasteiger partial charge in [0.1, 0.15) is 5.82 Å². The van der Waals surface area contributed by atoms with E-state index in [2.05, 4.69) is 6.58 Å². The maximum absolute atomic E-state index is 13.8. The molecule has 2 rings (SSSR count). The molecule has 3 nitrogen and oxygen atoms in total. The highest BCUT2D eigenvalue weighted by Crippen LogP contribution is 2.17. The monoisotopic (exact) mass is 310 g/mol. The number of hydrogen-bond donors (Lipinski definition) is 1. The van der Waals surface area contributed by atoms with Gasteiger partial charge in [-0.1, -0.05) is 36.4 Å². The molecule has 0 spiro atoms. The molecule has 1 atom stereocenters. The van der Waals surface area contributed by atoms with Crippen LogP contribution < -0.4 is 0 Å². The summed E-state index contributed by atoms with van der Waals surface area (Å²) in [6.45, 7) is 5.01. The van der Waals surface area contributed by atoms with Crippen molar-refractivity contribution >= 4 is 0 Å². The molecule has 0 amide bonds. The molecule has 0 aromatic heterocycles. The molecular weight excluding hydrogens is 291 g/mol.